The van der Waals surface area contributed by atoms with E-state index in [1.165, 1.54) is 12.1 Å². The van der Waals surface area contributed by atoms with Crippen molar-refractivity contribution in [3.05, 3.63) is 35.7 Å². The lowest BCUT2D eigenvalue weighted by molar-refractivity contribution is -0.121. The normalized spacial score (nSPS) is 18.0. The molecule has 0 fully saturated rings. The molecule has 0 bridgehead atoms. The summed E-state index contributed by atoms with van der Waals surface area (Å²) >= 11 is 0. The number of aliphatic hydroxyl groups is 1. The minimum absolute atomic E-state index is 0.0898. The molecule has 0 spiro atoms. The van der Waals surface area contributed by atoms with E-state index >= 15 is 0 Å². The number of hydrogen-bond acceptors (Lipinski definition) is 4. The molecule has 1 heterocycles. The lowest BCUT2D eigenvalue weighted by Gasteiger charge is -2.21. The molecule has 1 aromatic carbocycles. The summed E-state index contributed by atoms with van der Waals surface area (Å²) in [4.78, 5) is 11.3. The summed E-state index contributed by atoms with van der Waals surface area (Å²) in [5.74, 6) is -4.83. The van der Waals surface area contributed by atoms with Crippen LogP contribution in [-0.4, -0.2) is 35.9 Å². The standard InChI is InChI=1S/C16H17F3N2O3/c1-3-10-12(24-8-16(18,19)7-22)5-4-11(14(10)17)15-9(2)6-13(23)20-21-15/h3-5,9,22H,1,6-8H2,2H3,(H,20,23). The number of nitrogens with zero attached hydrogens (tertiary/aromatic N) is 1. The molecule has 0 aliphatic carbocycles. The molecule has 1 aromatic rings. The molecular weight excluding hydrogens is 325 g/mol. The summed E-state index contributed by atoms with van der Waals surface area (Å²) in [7, 11) is 0. The Morgan fingerprint density at radius 1 is 1.54 bits per heavy atom. The number of hydrazone groups is 1. The number of aliphatic hydroxyl groups excluding tert-OH is 1. The molecule has 0 aromatic heterocycles. The van der Waals surface area contributed by atoms with Gasteiger partial charge >= 0.3 is 5.92 Å². The van der Waals surface area contributed by atoms with E-state index in [0.29, 0.717) is 5.71 Å². The fourth-order valence-corrected chi connectivity index (χ4v) is 2.30. The van der Waals surface area contributed by atoms with Crippen LogP contribution in [0.5, 0.6) is 5.75 Å². The summed E-state index contributed by atoms with van der Waals surface area (Å²) in [6, 6.07) is 2.68. The first-order valence-electron chi connectivity index (χ1n) is 7.22. The Morgan fingerprint density at radius 3 is 2.83 bits per heavy atom. The summed E-state index contributed by atoms with van der Waals surface area (Å²) in [5.41, 5.74) is 2.69. The molecule has 5 nitrogen and oxygen atoms in total. The molecule has 1 unspecified atom stereocenters. The molecule has 2 N–H and O–H groups in total. The highest BCUT2D eigenvalue weighted by Crippen LogP contribution is 2.29. The molecule has 0 saturated carbocycles. The Hall–Kier alpha value is -2.35. The van der Waals surface area contributed by atoms with Gasteiger partial charge in [-0.2, -0.15) is 5.10 Å². The van der Waals surface area contributed by atoms with Crippen LogP contribution >= 0.6 is 0 Å². The van der Waals surface area contributed by atoms with E-state index in [1.807, 2.05) is 0 Å². The van der Waals surface area contributed by atoms with Crippen LogP contribution in [-0.2, 0) is 4.79 Å². The van der Waals surface area contributed by atoms with Crippen molar-refractivity contribution in [1.82, 2.24) is 5.43 Å². The Balaban J connectivity index is 2.34. The van der Waals surface area contributed by atoms with Gasteiger partial charge in [-0.15, -0.1) is 0 Å². The van der Waals surface area contributed by atoms with Crippen LogP contribution in [0.25, 0.3) is 6.08 Å². The van der Waals surface area contributed by atoms with E-state index in [4.69, 9.17) is 9.84 Å². The first kappa shape index (κ1) is 18.0. The maximum Gasteiger partial charge on any atom is 0.303 e. The van der Waals surface area contributed by atoms with Crippen LogP contribution in [0.4, 0.5) is 13.2 Å². The molecule has 0 radical (unpaired) electrons. The number of benzene rings is 1. The SMILES string of the molecule is C=Cc1c(OCC(F)(F)CO)ccc(C2=NNC(=O)CC2C)c1F. The molecule has 130 valence electrons. The average Bonchev–Trinajstić information content (AvgIpc) is 2.54. The van der Waals surface area contributed by atoms with Crippen molar-refractivity contribution in [2.75, 3.05) is 13.2 Å². The van der Waals surface area contributed by atoms with E-state index < -0.39 is 25.0 Å². The molecule has 24 heavy (non-hydrogen) atoms. The van der Waals surface area contributed by atoms with E-state index in [-0.39, 0.29) is 35.1 Å². The van der Waals surface area contributed by atoms with Gasteiger partial charge in [-0.05, 0) is 12.1 Å². The molecule has 1 atom stereocenters. The van der Waals surface area contributed by atoms with Gasteiger partial charge in [-0.1, -0.05) is 19.6 Å². The van der Waals surface area contributed by atoms with Crippen molar-refractivity contribution in [3.63, 3.8) is 0 Å². The second-order valence-corrected chi connectivity index (χ2v) is 5.48. The highest BCUT2D eigenvalue weighted by Gasteiger charge is 2.30. The van der Waals surface area contributed by atoms with Crippen LogP contribution in [0.1, 0.15) is 24.5 Å². The zero-order chi connectivity index (χ0) is 17.9. The van der Waals surface area contributed by atoms with E-state index in [2.05, 4.69) is 17.1 Å². The minimum Gasteiger partial charge on any atom is -0.486 e. The van der Waals surface area contributed by atoms with E-state index in [1.54, 1.807) is 6.92 Å². The Kier molecular flexibility index (Phi) is 5.28. The third kappa shape index (κ3) is 3.76. The van der Waals surface area contributed by atoms with E-state index in [9.17, 15) is 18.0 Å². The van der Waals surface area contributed by atoms with Crippen LogP contribution in [0.3, 0.4) is 0 Å². The number of hydrogen-bond donors (Lipinski definition) is 2. The number of nitrogens with one attached hydrogen (secondary N) is 1. The molecule has 1 aliphatic rings. The second-order valence-electron chi connectivity index (χ2n) is 5.48. The van der Waals surface area contributed by atoms with Crippen molar-refractivity contribution in [3.8, 4) is 5.75 Å². The number of rotatable bonds is 6. The molecule has 1 aliphatic heterocycles. The quantitative estimate of drug-likeness (QED) is 0.834. The summed E-state index contributed by atoms with van der Waals surface area (Å²) in [6.07, 6.45) is 1.32. The zero-order valence-electron chi connectivity index (χ0n) is 13.0. The predicted octanol–water partition coefficient (Wildman–Crippen LogP) is 2.34. The minimum atomic E-state index is -3.43. The molecule has 2 rings (SSSR count). The maximum absolute atomic E-state index is 14.7. The van der Waals surface area contributed by atoms with Gasteiger partial charge in [0.05, 0.1) is 11.3 Å². The fraction of sp³-hybridized carbons (Fsp3) is 0.375. The lowest BCUT2D eigenvalue weighted by atomic mass is 9.92. The maximum atomic E-state index is 14.7. The first-order chi connectivity index (χ1) is 11.3. The van der Waals surface area contributed by atoms with Crippen LogP contribution in [0.15, 0.2) is 23.8 Å². The first-order valence-corrected chi connectivity index (χ1v) is 7.22. The lowest BCUT2D eigenvalue weighted by Crippen LogP contribution is -2.32. The van der Waals surface area contributed by atoms with Gasteiger partial charge < -0.3 is 9.84 Å². The van der Waals surface area contributed by atoms with Crippen LogP contribution in [0.2, 0.25) is 0 Å². The van der Waals surface area contributed by atoms with Gasteiger partial charge in [0.25, 0.3) is 0 Å². The number of halogens is 3. The zero-order valence-corrected chi connectivity index (χ0v) is 13.0. The third-order valence-corrected chi connectivity index (χ3v) is 3.55. The Morgan fingerprint density at radius 2 is 2.25 bits per heavy atom. The number of ether oxygens (including phenoxy) is 1. The summed E-state index contributed by atoms with van der Waals surface area (Å²) in [5, 5.41) is 12.4. The molecular formula is C16H17F3N2O3. The fourth-order valence-electron chi connectivity index (χ4n) is 2.30. The van der Waals surface area contributed by atoms with Gasteiger partial charge in [0.1, 0.15) is 18.2 Å². The smallest absolute Gasteiger partial charge is 0.303 e. The Labute approximate surface area is 136 Å². The van der Waals surface area contributed by atoms with Crippen molar-refractivity contribution < 1.29 is 27.8 Å². The monoisotopic (exact) mass is 342 g/mol. The largest absolute Gasteiger partial charge is 0.486 e. The number of carbonyl (C=O) groups is 1. The third-order valence-electron chi connectivity index (χ3n) is 3.55. The van der Waals surface area contributed by atoms with Gasteiger partial charge in [-0.25, -0.2) is 18.6 Å². The highest BCUT2D eigenvalue weighted by atomic mass is 19.3. The number of alkyl halides is 2. The van der Waals surface area contributed by atoms with Crippen molar-refractivity contribution in [1.29, 1.82) is 0 Å². The van der Waals surface area contributed by atoms with Gasteiger partial charge in [0, 0.05) is 17.9 Å². The van der Waals surface area contributed by atoms with Gasteiger partial charge in [0.15, 0.2) is 6.61 Å². The van der Waals surface area contributed by atoms with Crippen LogP contribution < -0.4 is 10.2 Å². The van der Waals surface area contributed by atoms with E-state index in [0.717, 1.165) is 6.08 Å². The topological polar surface area (TPSA) is 70.9 Å². The number of amides is 1. The molecule has 1 amide bonds. The molecule has 0 saturated heterocycles. The predicted molar refractivity (Wildman–Crippen MR) is 82.5 cm³/mol. The van der Waals surface area contributed by atoms with Crippen LogP contribution in [0, 0.1) is 11.7 Å². The van der Waals surface area contributed by atoms with Gasteiger partial charge in [0.2, 0.25) is 5.91 Å². The van der Waals surface area contributed by atoms with Crippen molar-refractivity contribution in [2.45, 2.75) is 19.3 Å². The Bertz CT molecular complexity index is 689. The van der Waals surface area contributed by atoms with Gasteiger partial charge in [-0.3, -0.25) is 4.79 Å². The van der Waals surface area contributed by atoms with Crippen molar-refractivity contribution in [2.24, 2.45) is 11.0 Å². The van der Waals surface area contributed by atoms with Crippen molar-refractivity contribution >= 4 is 17.7 Å². The molecule has 8 heteroatoms. The summed E-state index contributed by atoms with van der Waals surface area (Å²) in [6.45, 7) is 2.74. The highest BCUT2D eigenvalue weighted by molar-refractivity contribution is 6.06. The average molecular weight is 342 g/mol. The second kappa shape index (κ2) is 7.04. The number of carbonyl (C=O) groups excluding carboxylic acids is 1. The summed E-state index contributed by atoms with van der Waals surface area (Å²) < 4.78 is 45.8.